The third-order valence-corrected chi connectivity index (χ3v) is 5.24. The van der Waals surface area contributed by atoms with E-state index in [0.29, 0.717) is 13.2 Å². The van der Waals surface area contributed by atoms with E-state index in [2.05, 4.69) is 10.6 Å². The summed E-state index contributed by atoms with van der Waals surface area (Å²) >= 11 is 0. The first-order chi connectivity index (χ1) is 14.6. The molecule has 0 bridgehead atoms. The fraction of sp³-hybridized carbons (Fsp3) is 0.364. The third-order valence-electron chi connectivity index (χ3n) is 5.24. The van der Waals surface area contributed by atoms with Crippen molar-refractivity contribution in [3.05, 3.63) is 53.8 Å². The molecule has 1 saturated heterocycles. The minimum atomic E-state index is -0.753. The van der Waals surface area contributed by atoms with Crippen LogP contribution in [0.5, 0.6) is 11.5 Å². The molecule has 0 spiro atoms. The normalized spacial score (nSPS) is 18.5. The number of hydrogen-bond acceptors (Lipinski definition) is 5. The molecule has 30 heavy (non-hydrogen) atoms. The molecule has 2 N–H and O–H groups in total. The van der Waals surface area contributed by atoms with E-state index >= 15 is 0 Å². The van der Waals surface area contributed by atoms with Crippen molar-refractivity contribution in [3.63, 3.8) is 0 Å². The van der Waals surface area contributed by atoms with Gasteiger partial charge in [-0.2, -0.15) is 0 Å². The van der Waals surface area contributed by atoms with E-state index < -0.39 is 17.8 Å². The Kier molecular flexibility index (Phi) is 6.13. The number of carbonyl (C=O) groups is 2. The highest BCUT2D eigenvalue weighted by molar-refractivity contribution is 6.01. The van der Waals surface area contributed by atoms with E-state index in [-0.39, 0.29) is 18.3 Å². The average molecular weight is 413 g/mol. The number of hydrogen-bond donors (Lipinski definition) is 2. The summed E-state index contributed by atoms with van der Waals surface area (Å²) in [5, 5.41) is 4.62. The first kappa shape index (κ1) is 20.2. The van der Waals surface area contributed by atoms with Gasteiger partial charge in [-0.3, -0.25) is 15.0 Å². The second kappa shape index (κ2) is 9.13. The second-order valence-corrected chi connectivity index (χ2v) is 7.37. The lowest BCUT2D eigenvalue weighted by atomic mass is 10.0. The largest absolute Gasteiger partial charge is 0.490 e. The molecule has 2 aliphatic heterocycles. The lowest BCUT2D eigenvalue weighted by molar-refractivity contribution is -0.121. The van der Waals surface area contributed by atoms with Crippen LogP contribution in [0.1, 0.15) is 30.9 Å². The number of ether oxygens (including phenoxy) is 2. The average Bonchev–Trinajstić information content (AvgIpc) is 3.04. The Morgan fingerprint density at radius 1 is 1.07 bits per heavy atom. The van der Waals surface area contributed by atoms with Crippen LogP contribution in [0.15, 0.2) is 42.5 Å². The smallest absolute Gasteiger partial charge is 0.326 e. The minimum Gasteiger partial charge on any atom is -0.490 e. The molecule has 2 heterocycles. The van der Waals surface area contributed by atoms with E-state index in [1.165, 1.54) is 18.2 Å². The molecule has 0 saturated carbocycles. The lowest BCUT2D eigenvalue weighted by Gasteiger charge is -2.24. The highest BCUT2D eigenvalue weighted by atomic mass is 19.1. The Balaban J connectivity index is 1.37. The van der Waals surface area contributed by atoms with Crippen molar-refractivity contribution in [2.45, 2.75) is 25.3 Å². The maximum Gasteiger partial charge on any atom is 0.326 e. The van der Waals surface area contributed by atoms with Crippen LogP contribution in [-0.2, 0) is 4.79 Å². The number of para-hydroxylation sites is 1. The first-order valence-electron chi connectivity index (χ1n) is 10.1. The van der Waals surface area contributed by atoms with Crippen molar-refractivity contribution >= 4 is 17.6 Å². The molecule has 2 aliphatic rings. The van der Waals surface area contributed by atoms with Gasteiger partial charge in [0.05, 0.1) is 25.4 Å². The Labute approximate surface area is 174 Å². The lowest BCUT2D eigenvalue weighted by Crippen LogP contribution is -2.41. The van der Waals surface area contributed by atoms with Crippen LogP contribution >= 0.6 is 0 Å². The van der Waals surface area contributed by atoms with E-state index in [1.54, 1.807) is 6.07 Å². The summed E-state index contributed by atoms with van der Waals surface area (Å²) in [5.41, 5.74) is 1.08. The number of urea groups is 1. The number of likely N-dealkylation sites (tertiary alicyclic amines) is 1. The predicted octanol–water partition coefficient (Wildman–Crippen LogP) is 3.47. The maximum atomic E-state index is 13.6. The quantitative estimate of drug-likeness (QED) is 0.802. The summed E-state index contributed by atoms with van der Waals surface area (Å²) in [5.74, 6) is 0.466. The monoisotopic (exact) mass is 413 g/mol. The van der Waals surface area contributed by atoms with Gasteiger partial charge in [0.25, 0.3) is 0 Å². The van der Waals surface area contributed by atoms with Crippen LogP contribution in [0, 0.1) is 5.82 Å². The molecule has 2 aromatic carbocycles. The number of benzene rings is 2. The van der Waals surface area contributed by atoms with Crippen LogP contribution in [0.2, 0.25) is 0 Å². The van der Waals surface area contributed by atoms with Gasteiger partial charge >= 0.3 is 6.03 Å². The standard InChI is InChI=1S/C22H24FN3O4/c23-16-5-1-2-6-17(16)24-22(28)25-21(27)14-26-10-3-7-18(26)15-8-9-19-20(13-15)30-12-4-11-29-19/h1-2,5-6,8-9,13,18H,3-4,7,10-12,14H2,(H2,24,25,27,28)/t18-/m1/s1. The van der Waals surface area contributed by atoms with Gasteiger partial charge in [-0.25, -0.2) is 9.18 Å². The summed E-state index contributed by atoms with van der Waals surface area (Å²) in [6.45, 7) is 2.08. The Morgan fingerprint density at radius 3 is 2.70 bits per heavy atom. The van der Waals surface area contributed by atoms with Crippen molar-refractivity contribution in [3.8, 4) is 11.5 Å². The summed E-state index contributed by atoms with van der Waals surface area (Å²) in [4.78, 5) is 26.5. The number of imide groups is 1. The molecular weight excluding hydrogens is 389 g/mol. The van der Waals surface area contributed by atoms with Gasteiger partial charge in [-0.15, -0.1) is 0 Å². The number of carbonyl (C=O) groups excluding carboxylic acids is 2. The predicted molar refractivity (Wildman–Crippen MR) is 109 cm³/mol. The van der Waals surface area contributed by atoms with Crippen LogP contribution in [0.25, 0.3) is 0 Å². The maximum absolute atomic E-state index is 13.6. The number of anilines is 1. The van der Waals surface area contributed by atoms with Crippen LogP contribution in [-0.4, -0.2) is 43.1 Å². The van der Waals surface area contributed by atoms with Crippen LogP contribution < -0.4 is 20.1 Å². The van der Waals surface area contributed by atoms with E-state index in [1.807, 2.05) is 23.1 Å². The van der Waals surface area contributed by atoms with Gasteiger partial charge in [-0.1, -0.05) is 18.2 Å². The molecule has 1 fully saturated rings. The molecule has 3 amide bonds. The fourth-order valence-corrected chi connectivity index (χ4v) is 3.85. The number of fused-ring (bicyclic) bond motifs is 1. The van der Waals surface area contributed by atoms with Gasteiger partial charge < -0.3 is 14.8 Å². The highest BCUT2D eigenvalue weighted by Gasteiger charge is 2.29. The number of nitrogens with one attached hydrogen (secondary N) is 2. The zero-order valence-corrected chi connectivity index (χ0v) is 16.5. The van der Waals surface area contributed by atoms with Gasteiger partial charge in [-0.05, 0) is 49.2 Å². The second-order valence-electron chi connectivity index (χ2n) is 7.37. The fourth-order valence-electron chi connectivity index (χ4n) is 3.85. The summed E-state index contributed by atoms with van der Waals surface area (Å²) in [6, 6.07) is 11.0. The van der Waals surface area contributed by atoms with Crippen LogP contribution in [0.3, 0.4) is 0 Å². The molecule has 0 aliphatic carbocycles. The SMILES string of the molecule is O=C(CN1CCC[C@@H]1c1ccc2c(c1)OCCCO2)NC(=O)Nc1ccccc1F. The van der Waals surface area contributed by atoms with Crippen molar-refractivity contribution in [1.29, 1.82) is 0 Å². The molecule has 0 aromatic heterocycles. The molecular formula is C22H24FN3O4. The van der Waals surface area contributed by atoms with Crippen molar-refractivity contribution in [2.24, 2.45) is 0 Å². The minimum absolute atomic E-state index is 0.0223. The van der Waals surface area contributed by atoms with Gasteiger partial charge in [0.2, 0.25) is 5.91 Å². The molecule has 158 valence electrons. The van der Waals surface area contributed by atoms with Gasteiger partial charge in [0.1, 0.15) is 5.82 Å². The van der Waals surface area contributed by atoms with Crippen LogP contribution in [0.4, 0.5) is 14.9 Å². The third kappa shape index (κ3) is 4.71. The Hall–Kier alpha value is -3.13. The Bertz CT molecular complexity index is 936. The topological polar surface area (TPSA) is 79.9 Å². The number of amides is 3. The number of halogens is 1. The van der Waals surface area contributed by atoms with E-state index in [0.717, 1.165) is 42.9 Å². The van der Waals surface area contributed by atoms with Gasteiger partial charge in [0, 0.05) is 12.5 Å². The molecule has 2 aromatic rings. The zero-order valence-electron chi connectivity index (χ0n) is 16.5. The summed E-state index contributed by atoms with van der Waals surface area (Å²) in [7, 11) is 0. The summed E-state index contributed by atoms with van der Waals surface area (Å²) in [6.07, 6.45) is 2.71. The van der Waals surface area contributed by atoms with Crippen molar-refractivity contribution in [1.82, 2.24) is 10.2 Å². The summed E-state index contributed by atoms with van der Waals surface area (Å²) < 4.78 is 25.1. The Morgan fingerprint density at radius 2 is 1.87 bits per heavy atom. The molecule has 0 radical (unpaired) electrons. The van der Waals surface area contributed by atoms with E-state index in [4.69, 9.17) is 9.47 Å². The first-order valence-corrected chi connectivity index (χ1v) is 10.1. The highest BCUT2D eigenvalue weighted by Crippen LogP contribution is 2.37. The number of nitrogens with zero attached hydrogens (tertiary/aromatic N) is 1. The molecule has 7 nitrogen and oxygen atoms in total. The molecule has 0 unspecified atom stereocenters. The van der Waals surface area contributed by atoms with Crippen molar-refractivity contribution < 1.29 is 23.5 Å². The van der Waals surface area contributed by atoms with E-state index in [9.17, 15) is 14.0 Å². The molecule has 1 atom stereocenters. The molecule has 4 rings (SSSR count). The van der Waals surface area contributed by atoms with Crippen molar-refractivity contribution in [2.75, 3.05) is 31.6 Å². The number of rotatable bonds is 4. The molecule has 8 heteroatoms. The zero-order chi connectivity index (χ0) is 20.9. The van der Waals surface area contributed by atoms with Gasteiger partial charge in [0.15, 0.2) is 11.5 Å².